The number of nitrogens with one attached hydrogen (secondary N) is 1. The molecule has 0 saturated heterocycles. The van der Waals surface area contributed by atoms with E-state index in [1.807, 2.05) is 78.2 Å². The number of hydrogen-bond acceptors (Lipinski definition) is 5. The summed E-state index contributed by atoms with van der Waals surface area (Å²) in [7, 11) is 0. The number of thioether (sulfide) groups is 1. The van der Waals surface area contributed by atoms with Gasteiger partial charge in [-0.2, -0.15) is 5.10 Å². The van der Waals surface area contributed by atoms with Gasteiger partial charge >= 0.3 is 0 Å². The lowest BCUT2D eigenvalue weighted by atomic mass is 10.1. The predicted molar refractivity (Wildman–Crippen MR) is 139 cm³/mol. The van der Waals surface area contributed by atoms with Crippen LogP contribution in [0.25, 0.3) is 17.1 Å². The normalized spacial score (nSPS) is 11.5. The van der Waals surface area contributed by atoms with Crippen LogP contribution in [0.1, 0.15) is 18.1 Å². The van der Waals surface area contributed by atoms with Gasteiger partial charge in [-0.1, -0.05) is 83.0 Å². The number of nitrogens with zero attached hydrogens (tertiary/aromatic N) is 4. The monoisotopic (exact) mass is 509 g/mol. The van der Waals surface area contributed by atoms with Gasteiger partial charge in [0.05, 0.1) is 11.5 Å². The molecular weight excluding hydrogens is 489 g/mol. The number of halogens is 2. The van der Waals surface area contributed by atoms with E-state index in [-0.39, 0.29) is 11.7 Å². The number of aryl methyl sites for hydroxylation is 1. The zero-order valence-corrected chi connectivity index (χ0v) is 20.8. The third kappa shape index (κ3) is 5.67. The molecule has 0 bridgehead atoms. The zero-order valence-electron chi connectivity index (χ0n) is 18.5. The lowest BCUT2D eigenvalue weighted by molar-refractivity contribution is -0.118. The number of carbonyl (C=O) groups is 1. The highest BCUT2D eigenvalue weighted by Crippen LogP contribution is 2.28. The summed E-state index contributed by atoms with van der Waals surface area (Å²) in [6.45, 7) is 3.82. The Morgan fingerprint density at radius 1 is 1.00 bits per heavy atom. The van der Waals surface area contributed by atoms with Crippen molar-refractivity contribution in [2.24, 2.45) is 5.10 Å². The van der Waals surface area contributed by atoms with Crippen LogP contribution in [0.3, 0.4) is 0 Å². The summed E-state index contributed by atoms with van der Waals surface area (Å²) in [5.74, 6) is 0.524. The van der Waals surface area contributed by atoms with Crippen LogP contribution in [-0.2, 0) is 4.79 Å². The molecule has 34 heavy (non-hydrogen) atoms. The van der Waals surface area contributed by atoms with Gasteiger partial charge in [-0.3, -0.25) is 9.36 Å². The van der Waals surface area contributed by atoms with Crippen molar-refractivity contribution in [1.29, 1.82) is 0 Å². The first-order chi connectivity index (χ1) is 16.4. The van der Waals surface area contributed by atoms with Gasteiger partial charge in [0.1, 0.15) is 0 Å². The summed E-state index contributed by atoms with van der Waals surface area (Å²) >= 11 is 13.6. The Bertz CT molecular complexity index is 1330. The summed E-state index contributed by atoms with van der Waals surface area (Å²) in [4.78, 5) is 12.5. The van der Waals surface area contributed by atoms with Crippen LogP contribution in [-0.4, -0.2) is 32.1 Å². The van der Waals surface area contributed by atoms with Crippen molar-refractivity contribution in [3.63, 3.8) is 0 Å². The predicted octanol–water partition coefficient (Wildman–Crippen LogP) is 6.18. The molecule has 4 aromatic rings. The molecular formula is C25H21Cl2N5OS. The Balaban J connectivity index is 1.54. The van der Waals surface area contributed by atoms with E-state index < -0.39 is 0 Å². The quantitative estimate of drug-likeness (QED) is 0.183. The minimum atomic E-state index is -0.265. The third-order valence-corrected chi connectivity index (χ3v) is 6.48. The molecule has 0 aliphatic rings. The first-order valence-electron chi connectivity index (χ1n) is 10.4. The molecule has 9 heteroatoms. The van der Waals surface area contributed by atoms with E-state index >= 15 is 0 Å². The van der Waals surface area contributed by atoms with Crippen molar-refractivity contribution < 1.29 is 4.79 Å². The molecule has 0 saturated carbocycles. The Labute approximate surface area is 212 Å². The molecule has 0 aliphatic heterocycles. The molecule has 4 rings (SSSR count). The number of hydrogen-bond donors (Lipinski definition) is 1. The molecule has 1 N–H and O–H groups in total. The summed E-state index contributed by atoms with van der Waals surface area (Å²) in [6.07, 6.45) is 0. The van der Waals surface area contributed by atoms with Gasteiger partial charge in [0.2, 0.25) is 0 Å². The maximum Gasteiger partial charge on any atom is 0.250 e. The maximum atomic E-state index is 12.5. The second-order valence-corrected chi connectivity index (χ2v) is 9.27. The molecule has 3 aromatic carbocycles. The van der Waals surface area contributed by atoms with Crippen molar-refractivity contribution in [3.05, 3.63) is 94.0 Å². The van der Waals surface area contributed by atoms with Gasteiger partial charge in [-0.05, 0) is 44.2 Å². The molecule has 172 valence electrons. The topological polar surface area (TPSA) is 72.2 Å². The smallest absolute Gasteiger partial charge is 0.250 e. The Kier molecular flexibility index (Phi) is 7.67. The number of rotatable bonds is 7. The lowest BCUT2D eigenvalue weighted by Crippen LogP contribution is -2.21. The highest BCUT2D eigenvalue weighted by Gasteiger charge is 2.17. The molecule has 0 fully saturated rings. The summed E-state index contributed by atoms with van der Waals surface area (Å²) in [6, 6.07) is 22.8. The fourth-order valence-electron chi connectivity index (χ4n) is 3.20. The molecule has 0 atom stereocenters. The molecule has 0 unspecified atom stereocenters. The summed E-state index contributed by atoms with van der Waals surface area (Å²) in [5.41, 5.74) is 6.89. The van der Waals surface area contributed by atoms with E-state index in [4.69, 9.17) is 23.2 Å². The minimum absolute atomic E-state index is 0.110. The van der Waals surface area contributed by atoms with Crippen molar-refractivity contribution in [1.82, 2.24) is 20.2 Å². The van der Waals surface area contributed by atoms with E-state index in [1.165, 1.54) is 11.8 Å². The van der Waals surface area contributed by atoms with E-state index in [9.17, 15) is 4.79 Å². The van der Waals surface area contributed by atoms with Crippen LogP contribution >= 0.6 is 35.0 Å². The molecule has 1 heterocycles. The van der Waals surface area contributed by atoms with Gasteiger partial charge in [0, 0.05) is 26.9 Å². The number of benzene rings is 3. The third-order valence-electron chi connectivity index (χ3n) is 4.97. The fourth-order valence-corrected chi connectivity index (χ4v) is 4.34. The van der Waals surface area contributed by atoms with Crippen molar-refractivity contribution in [3.8, 4) is 17.1 Å². The average molecular weight is 510 g/mol. The molecule has 1 amide bonds. The first kappa shape index (κ1) is 24.0. The fraction of sp³-hybridized carbons (Fsp3) is 0.120. The van der Waals surface area contributed by atoms with Crippen LogP contribution in [0, 0.1) is 6.92 Å². The second kappa shape index (κ2) is 10.9. The van der Waals surface area contributed by atoms with Crippen LogP contribution in [0.4, 0.5) is 0 Å². The maximum absolute atomic E-state index is 12.5. The molecule has 0 aliphatic carbocycles. The molecule has 1 aromatic heterocycles. The van der Waals surface area contributed by atoms with Crippen molar-refractivity contribution >= 4 is 46.6 Å². The number of hydrazone groups is 1. The van der Waals surface area contributed by atoms with Crippen LogP contribution in [0.2, 0.25) is 10.0 Å². The lowest BCUT2D eigenvalue weighted by Gasteiger charge is -2.11. The van der Waals surface area contributed by atoms with E-state index in [2.05, 4.69) is 20.7 Å². The van der Waals surface area contributed by atoms with Gasteiger partial charge in [-0.25, -0.2) is 5.43 Å². The number of amides is 1. The van der Waals surface area contributed by atoms with Crippen molar-refractivity contribution in [2.75, 3.05) is 5.75 Å². The Morgan fingerprint density at radius 2 is 1.71 bits per heavy atom. The second-order valence-electron chi connectivity index (χ2n) is 7.48. The SMILES string of the molecule is C/C(=N/NC(=O)CSc1nnc(-c2ccc(C)cc2)n1-c1ccc(Cl)cc1)c1ccccc1Cl. The van der Waals surface area contributed by atoms with Crippen LogP contribution in [0.5, 0.6) is 0 Å². The first-order valence-corrected chi connectivity index (χ1v) is 12.2. The van der Waals surface area contributed by atoms with Crippen LogP contribution in [0.15, 0.2) is 83.1 Å². The zero-order chi connectivity index (χ0) is 24.1. The van der Waals surface area contributed by atoms with Crippen molar-refractivity contribution in [2.45, 2.75) is 19.0 Å². The number of carbonyl (C=O) groups excluding carboxylic acids is 1. The standard InChI is InChI=1S/C25H21Cl2N5OS/c1-16-7-9-18(10-8-16)24-30-31-25(32(24)20-13-11-19(26)12-14-20)34-15-23(33)29-28-17(2)21-5-3-4-6-22(21)27/h3-14H,15H2,1-2H3,(H,29,33)/b28-17-. The Morgan fingerprint density at radius 3 is 2.41 bits per heavy atom. The molecule has 0 radical (unpaired) electrons. The van der Waals surface area contributed by atoms with Gasteiger partial charge in [-0.15, -0.1) is 10.2 Å². The number of aromatic nitrogens is 3. The van der Waals surface area contributed by atoms with Crippen LogP contribution < -0.4 is 5.43 Å². The van der Waals surface area contributed by atoms with E-state index in [1.54, 1.807) is 13.0 Å². The van der Waals surface area contributed by atoms with E-state index in [0.717, 1.165) is 22.4 Å². The van der Waals surface area contributed by atoms with Gasteiger partial charge < -0.3 is 0 Å². The Hall–Kier alpha value is -3.13. The average Bonchev–Trinajstić information content (AvgIpc) is 3.26. The van der Waals surface area contributed by atoms with Gasteiger partial charge in [0.25, 0.3) is 5.91 Å². The minimum Gasteiger partial charge on any atom is -0.272 e. The highest BCUT2D eigenvalue weighted by molar-refractivity contribution is 7.99. The van der Waals surface area contributed by atoms with E-state index in [0.29, 0.717) is 26.7 Å². The molecule has 6 nitrogen and oxygen atoms in total. The summed E-state index contributed by atoms with van der Waals surface area (Å²) < 4.78 is 1.91. The van der Waals surface area contributed by atoms with Gasteiger partial charge in [0.15, 0.2) is 11.0 Å². The highest BCUT2D eigenvalue weighted by atomic mass is 35.5. The molecule has 0 spiro atoms. The largest absolute Gasteiger partial charge is 0.272 e. The summed E-state index contributed by atoms with van der Waals surface area (Å²) in [5, 5.41) is 14.7.